The first-order valence-corrected chi connectivity index (χ1v) is 5.63. The maximum Gasteiger partial charge on any atom is 0.0406 e. The Labute approximate surface area is 91.3 Å². The lowest BCUT2D eigenvalue weighted by molar-refractivity contribution is 0.581. The largest absolute Gasteiger partial charge is 0.324 e. The van der Waals surface area contributed by atoms with E-state index in [2.05, 4.69) is 6.92 Å². The third-order valence-corrected chi connectivity index (χ3v) is 2.67. The molecule has 2 N–H and O–H groups in total. The van der Waals surface area contributed by atoms with Gasteiger partial charge < -0.3 is 5.73 Å². The maximum absolute atomic E-state index is 6.04. The van der Waals surface area contributed by atoms with Crippen molar-refractivity contribution < 1.29 is 0 Å². The van der Waals surface area contributed by atoms with E-state index in [1.807, 2.05) is 24.3 Å². The minimum atomic E-state index is 0.166. The molecule has 1 aromatic carbocycles. The van der Waals surface area contributed by atoms with Crippen molar-refractivity contribution in [2.75, 3.05) is 0 Å². The summed E-state index contributed by atoms with van der Waals surface area (Å²) in [5, 5.41) is 0.773. The van der Waals surface area contributed by atoms with Gasteiger partial charge in [-0.1, -0.05) is 49.9 Å². The highest BCUT2D eigenvalue weighted by Crippen LogP contribution is 2.19. The van der Waals surface area contributed by atoms with Gasteiger partial charge >= 0.3 is 0 Å². The van der Waals surface area contributed by atoms with Crippen LogP contribution in [0.2, 0.25) is 5.02 Å². The monoisotopic (exact) mass is 211 g/mol. The highest BCUT2D eigenvalue weighted by Gasteiger charge is 2.04. The molecule has 0 aromatic heterocycles. The molecule has 0 amide bonds. The molecule has 0 aliphatic heterocycles. The van der Waals surface area contributed by atoms with Crippen LogP contribution >= 0.6 is 11.6 Å². The molecule has 0 saturated heterocycles. The molecule has 0 bridgehead atoms. The van der Waals surface area contributed by atoms with Gasteiger partial charge in [0.25, 0.3) is 0 Å². The van der Waals surface area contributed by atoms with Crippen LogP contribution in [0.25, 0.3) is 0 Å². The second-order valence-electron chi connectivity index (χ2n) is 3.65. The maximum atomic E-state index is 6.04. The summed E-state index contributed by atoms with van der Waals surface area (Å²) in [5.41, 5.74) is 7.23. The van der Waals surface area contributed by atoms with Crippen LogP contribution in [0.1, 0.15) is 44.2 Å². The fraction of sp³-hybridized carbons (Fsp3) is 0.500. The van der Waals surface area contributed by atoms with Crippen molar-refractivity contribution >= 4 is 11.6 Å². The fourth-order valence-electron chi connectivity index (χ4n) is 1.49. The molecule has 0 aliphatic carbocycles. The van der Waals surface area contributed by atoms with E-state index in [0.29, 0.717) is 0 Å². The molecule has 1 nitrogen and oxygen atoms in total. The third kappa shape index (κ3) is 3.69. The Balaban J connectivity index is 2.43. The van der Waals surface area contributed by atoms with E-state index in [4.69, 9.17) is 17.3 Å². The highest BCUT2D eigenvalue weighted by atomic mass is 35.5. The highest BCUT2D eigenvalue weighted by molar-refractivity contribution is 6.30. The molecule has 1 atom stereocenters. The van der Waals surface area contributed by atoms with Crippen LogP contribution in [0.3, 0.4) is 0 Å². The lowest BCUT2D eigenvalue weighted by atomic mass is 10.0. The predicted molar refractivity (Wildman–Crippen MR) is 62.5 cm³/mol. The zero-order valence-corrected chi connectivity index (χ0v) is 9.43. The van der Waals surface area contributed by atoms with E-state index in [9.17, 15) is 0 Å². The van der Waals surface area contributed by atoms with Crippen molar-refractivity contribution in [2.45, 2.75) is 38.6 Å². The molecular weight excluding hydrogens is 194 g/mol. The van der Waals surface area contributed by atoms with Crippen LogP contribution in [0.5, 0.6) is 0 Å². The van der Waals surface area contributed by atoms with Crippen LogP contribution in [0, 0.1) is 0 Å². The summed E-state index contributed by atoms with van der Waals surface area (Å²) in [5.74, 6) is 0. The number of rotatable bonds is 5. The Bertz CT molecular complexity index is 256. The zero-order chi connectivity index (χ0) is 10.4. The van der Waals surface area contributed by atoms with Crippen molar-refractivity contribution in [1.82, 2.24) is 0 Å². The van der Waals surface area contributed by atoms with Gasteiger partial charge in [0.2, 0.25) is 0 Å². The second-order valence-corrected chi connectivity index (χ2v) is 4.09. The van der Waals surface area contributed by atoms with Crippen molar-refractivity contribution in [2.24, 2.45) is 5.73 Å². The Morgan fingerprint density at radius 1 is 1.21 bits per heavy atom. The molecule has 0 radical (unpaired) electrons. The van der Waals surface area contributed by atoms with Gasteiger partial charge in [0.05, 0.1) is 0 Å². The van der Waals surface area contributed by atoms with Crippen LogP contribution in [0.4, 0.5) is 0 Å². The minimum Gasteiger partial charge on any atom is -0.324 e. The average molecular weight is 212 g/mol. The minimum absolute atomic E-state index is 0.166. The van der Waals surface area contributed by atoms with E-state index in [0.717, 1.165) is 11.4 Å². The molecule has 14 heavy (non-hydrogen) atoms. The molecule has 0 aliphatic rings. The first kappa shape index (κ1) is 11.5. The van der Waals surface area contributed by atoms with Gasteiger partial charge in [0.1, 0.15) is 0 Å². The van der Waals surface area contributed by atoms with Crippen molar-refractivity contribution in [1.29, 1.82) is 0 Å². The molecule has 0 saturated carbocycles. The second kappa shape index (κ2) is 6.05. The summed E-state index contributed by atoms with van der Waals surface area (Å²) >= 11 is 5.80. The zero-order valence-electron chi connectivity index (χ0n) is 8.67. The summed E-state index contributed by atoms with van der Waals surface area (Å²) in [7, 11) is 0. The van der Waals surface area contributed by atoms with Crippen LogP contribution < -0.4 is 5.73 Å². The number of hydrogen-bond acceptors (Lipinski definition) is 1. The number of halogens is 1. The van der Waals surface area contributed by atoms with E-state index in [1.54, 1.807) is 0 Å². The first-order chi connectivity index (χ1) is 6.74. The van der Waals surface area contributed by atoms with Gasteiger partial charge in [-0.25, -0.2) is 0 Å². The van der Waals surface area contributed by atoms with Crippen LogP contribution in [-0.4, -0.2) is 0 Å². The predicted octanol–water partition coefficient (Wildman–Crippen LogP) is 3.92. The lowest BCUT2D eigenvalue weighted by Crippen LogP contribution is -2.09. The Hall–Kier alpha value is -0.530. The molecule has 0 heterocycles. The molecule has 0 spiro atoms. The fourth-order valence-corrected chi connectivity index (χ4v) is 1.62. The normalized spacial score (nSPS) is 12.8. The first-order valence-electron chi connectivity index (χ1n) is 5.25. The number of unbranched alkanes of at least 4 members (excludes halogenated alkanes) is 2. The third-order valence-electron chi connectivity index (χ3n) is 2.42. The Kier molecular flexibility index (Phi) is 4.99. The van der Waals surface area contributed by atoms with Crippen LogP contribution in [0.15, 0.2) is 24.3 Å². The van der Waals surface area contributed by atoms with E-state index in [-0.39, 0.29) is 6.04 Å². The standard InChI is InChI=1S/C12H18ClN/c1-2-3-4-5-12(14)10-6-8-11(13)9-7-10/h6-9,12H,2-5,14H2,1H3/t12-/m1/s1. The summed E-state index contributed by atoms with van der Waals surface area (Å²) in [6.45, 7) is 2.20. The van der Waals surface area contributed by atoms with Crippen molar-refractivity contribution in [3.8, 4) is 0 Å². The molecule has 78 valence electrons. The quantitative estimate of drug-likeness (QED) is 0.735. The van der Waals surface area contributed by atoms with Crippen LogP contribution in [-0.2, 0) is 0 Å². The summed E-state index contributed by atoms with van der Waals surface area (Å²) in [6, 6.07) is 7.99. The topological polar surface area (TPSA) is 26.0 Å². The van der Waals surface area contributed by atoms with Crippen molar-refractivity contribution in [3.05, 3.63) is 34.9 Å². The average Bonchev–Trinajstić information content (AvgIpc) is 2.19. The molecule has 0 fully saturated rings. The summed E-state index contributed by atoms with van der Waals surface area (Å²) < 4.78 is 0. The van der Waals surface area contributed by atoms with Gasteiger partial charge in [-0.3, -0.25) is 0 Å². The molecule has 0 unspecified atom stereocenters. The Morgan fingerprint density at radius 3 is 2.43 bits per heavy atom. The smallest absolute Gasteiger partial charge is 0.0406 e. The molecular formula is C12H18ClN. The number of hydrogen-bond donors (Lipinski definition) is 1. The molecule has 1 rings (SSSR count). The van der Waals surface area contributed by atoms with E-state index >= 15 is 0 Å². The van der Waals surface area contributed by atoms with Gasteiger partial charge in [-0.15, -0.1) is 0 Å². The molecule has 1 aromatic rings. The van der Waals surface area contributed by atoms with E-state index < -0.39 is 0 Å². The number of benzene rings is 1. The van der Waals surface area contributed by atoms with Crippen molar-refractivity contribution in [3.63, 3.8) is 0 Å². The van der Waals surface area contributed by atoms with Gasteiger partial charge in [-0.05, 0) is 24.1 Å². The molecule has 2 heteroatoms. The van der Waals surface area contributed by atoms with Gasteiger partial charge in [0, 0.05) is 11.1 Å². The number of nitrogens with two attached hydrogens (primary N) is 1. The lowest BCUT2D eigenvalue weighted by Gasteiger charge is -2.11. The van der Waals surface area contributed by atoms with E-state index in [1.165, 1.54) is 24.8 Å². The Morgan fingerprint density at radius 2 is 1.86 bits per heavy atom. The van der Waals surface area contributed by atoms with Gasteiger partial charge in [0.15, 0.2) is 0 Å². The summed E-state index contributed by atoms with van der Waals surface area (Å²) in [6.07, 6.45) is 4.78. The summed E-state index contributed by atoms with van der Waals surface area (Å²) in [4.78, 5) is 0. The SMILES string of the molecule is CCCCC[C@@H](N)c1ccc(Cl)cc1. The van der Waals surface area contributed by atoms with Gasteiger partial charge in [-0.2, -0.15) is 0 Å².